The van der Waals surface area contributed by atoms with Crippen LogP contribution in [-0.4, -0.2) is 28.8 Å². The number of aromatic nitrogens is 2. The number of hydrogen-bond acceptors (Lipinski definition) is 3. The van der Waals surface area contributed by atoms with Crippen LogP contribution in [0, 0.1) is 5.92 Å². The van der Waals surface area contributed by atoms with E-state index in [2.05, 4.69) is 17.3 Å². The van der Waals surface area contributed by atoms with E-state index in [-0.39, 0.29) is 5.91 Å². The number of nitrogens with two attached hydrogens (primary N) is 1. The van der Waals surface area contributed by atoms with Gasteiger partial charge < -0.3 is 11.1 Å². The van der Waals surface area contributed by atoms with Gasteiger partial charge in [0.05, 0.1) is 11.3 Å². The van der Waals surface area contributed by atoms with Gasteiger partial charge in [0.2, 0.25) is 0 Å². The summed E-state index contributed by atoms with van der Waals surface area (Å²) in [5.41, 5.74) is 7.08. The minimum absolute atomic E-state index is 0.0320. The van der Waals surface area contributed by atoms with Gasteiger partial charge in [-0.1, -0.05) is 20.3 Å². The van der Waals surface area contributed by atoms with Gasteiger partial charge in [0.25, 0.3) is 5.91 Å². The van der Waals surface area contributed by atoms with E-state index in [4.69, 9.17) is 5.73 Å². The zero-order valence-electron chi connectivity index (χ0n) is 11.6. The molecule has 1 aromatic heterocycles. The van der Waals surface area contributed by atoms with Gasteiger partial charge in [-0.3, -0.25) is 9.48 Å². The zero-order chi connectivity index (χ0) is 13.5. The summed E-state index contributed by atoms with van der Waals surface area (Å²) in [6.07, 6.45) is 4.53. The van der Waals surface area contributed by atoms with Crippen LogP contribution < -0.4 is 11.1 Å². The van der Waals surface area contributed by atoms with Crippen molar-refractivity contribution in [2.75, 3.05) is 13.1 Å². The van der Waals surface area contributed by atoms with Gasteiger partial charge in [-0.15, -0.1) is 0 Å². The summed E-state index contributed by atoms with van der Waals surface area (Å²) in [5, 5.41) is 7.24. The van der Waals surface area contributed by atoms with Crippen LogP contribution in [0.25, 0.3) is 0 Å². The molecule has 0 fully saturated rings. The molecule has 1 aromatic rings. The summed E-state index contributed by atoms with van der Waals surface area (Å²) < 4.78 is 1.69. The number of nitrogens with zero attached hydrogens (tertiary/aromatic N) is 2. The van der Waals surface area contributed by atoms with Crippen molar-refractivity contribution in [2.45, 2.75) is 33.1 Å². The lowest BCUT2D eigenvalue weighted by atomic mass is 10.0. The molecule has 0 aliphatic carbocycles. The second-order valence-electron chi connectivity index (χ2n) is 4.58. The van der Waals surface area contributed by atoms with Crippen LogP contribution in [0.15, 0.2) is 6.20 Å². The van der Waals surface area contributed by atoms with Crippen molar-refractivity contribution < 1.29 is 4.79 Å². The molecule has 0 aliphatic heterocycles. The highest BCUT2D eigenvalue weighted by Gasteiger charge is 2.15. The number of aryl methyl sites for hydroxylation is 2. The Morgan fingerprint density at radius 2 is 2.28 bits per heavy atom. The predicted octanol–water partition coefficient (Wildman–Crippen LogP) is 1.09. The van der Waals surface area contributed by atoms with E-state index in [1.807, 2.05) is 14.0 Å². The molecule has 0 saturated carbocycles. The Bertz CT molecular complexity index is 386. The van der Waals surface area contributed by atoms with E-state index in [9.17, 15) is 4.79 Å². The fraction of sp³-hybridized carbons (Fsp3) is 0.692. The van der Waals surface area contributed by atoms with Crippen molar-refractivity contribution in [3.05, 3.63) is 17.5 Å². The van der Waals surface area contributed by atoms with Gasteiger partial charge in [0, 0.05) is 19.8 Å². The fourth-order valence-corrected chi connectivity index (χ4v) is 2.00. The first-order chi connectivity index (χ1) is 8.62. The molecular formula is C13H24N4O. The molecule has 1 rings (SSSR count). The number of carbonyl (C=O) groups excluding carboxylic acids is 1. The van der Waals surface area contributed by atoms with Crippen molar-refractivity contribution in [2.24, 2.45) is 18.7 Å². The Hall–Kier alpha value is -1.36. The molecule has 0 aromatic carbocycles. The standard InChI is InChI=1S/C13H24N4O/c1-4-10(6-7-14)8-15-13(18)11-9-17(3)16-12(11)5-2/h9-10H,4-8,14H2,1-3H3,(H,15,18). The van der Waals surface area contributed by atoms with E-state index >= 15 is 0 Å². The molecule has 0 saturated heterocycles. The Balaban J connectivity index is 2.59. The fourth-order valence-electron chi connectivity index (χ4n) is 2.00. The number of amides is 1. The van der Waals surface area contributed by atoms with Crippen LogP contribution in [0.1, 0.15) is 42.7 Å². The monoisotopic (exact) mass is 252 g/mol. The van der Waals surface area contributed by atoms with Crippen molar-refractivity contribution in [3.8, 4) is 0 Å². The molecule has 1 amide bonds. The molecular weight excluding hydrogens is 228 g/mol. The number of hydrogen-bond donors (Lipinski definition) is 2. The lowest BCUT2D eigenvalue weighted by Gasteiger charge is -2.14. The average Bonchev–Trinajstić information content (AvgIpc) is 2.75. The van der Waals surface area contributed by atoms with E-state index < -0.39 is 0 Å². The molecule has 102 valence electrons. The smallest absolute Gasteiger partial charge is 0.254 e. The maximum Gasteiger partial charge on any atom is 0.254 e. The SMILES string of the molecule is CCc1nn(C)cc1C(=O)NCC(CC)CCN. The van der Waals surface area contributed by atoms with Gasteiger partial charge in [0.15, 0.2) is 0 Å². The zero-order valence-corrected chi connectivity index (χ0v) is 11.6. The highest BCUT2D eigenvalue weighted by molar-refractivity contribution is 5.95. The van der Waals surface area contributed by atoms with Crippen LogP contribution in [0.3, 0.4) is 0 Å². The van der Waals surface area contributed by atoms with E-state index in [1.165, 1.54) is 0 Å². The Morgan fingerprint density at radius 3 is 2.83 bits per heavy atom. The summed E-state index contributed by atoms with van der Waals surface area (Å²) >= 11 is 0. The topological polar surface area (TPSA) is 72.9 Å². The molecule has 0 bridgehead atoms. The molecule has 1 atom stereocenters. The Kier molecular flexibility index (Phi) is 5.85. The average molecular weight is 252 g/mol. The molecule has 0 spiro atoms. The van der Waals surface area contributed by atoms with E-state index in [0.29, 0.717) is 24.6 Å². The molecule has 3 N–H and O–H groups in total. The molecule has 18 heavy (non-hydrogen) atoms. The van der Waals surface area contributed by atoms with Crippen LogP contribution >= 0.6 is 0 Å². The summed E-state index contributed by atoms with van der Waals surface area (Å²) in [4.78, 5) is 12.1. The summed E-state index contributed by atoms with van der Waals surface area (Å²) in [5.74, 6) is 0.427. The molecule has 1 heterocycles. The van der Waals surface area contributed by atoms with Crippen molar-refractivity contribution in [1.29, 1.82) is 0 Å². The van der Waals surface area contributed by atoms with E-state index in [0.717, 1.165) is 25.0 Å². The predicted molar refractivity (Wildman–Crippen MR) is 72.4 cm³/mol. The van der Waals surface area contributed by atoms with Gasteiger partial charge in [-0.25, -0.2) is 0 Å². The summed E-state index contributed by atoms with van der Waals surface area (Å²) in [6, 6.07) is 0. The van der Waals surface area contributed by atoms with Crippen molar-refractivity contribution >= 4 is 5.91 Å². The summed E-state index contributed by atoms with van der Waals surface area (Å²) in [7, 11) is 1.83. The minimum atomic E-state index is -0.0320. The van der Waals surface area contributed by atoms with Gasteiger partial charge in [-0.2, -0.15) is 5.10 Å². The first kappa shape index (κ1) is 14.7. The maximum atomic E-state index is 12.1. The third kappa shape index (κ3) is 3.84. The van der Waals surface area contributed by atoms with Gasteiger partial charge >= 0.3 is 0 Å². The van der Waals surface area contributed by atoms with Crippen LogP contribution in [0.2, 0.25) is 0 Å². The van der Waals surface area contributed by atoms with Crippen LogP contribution in [0.5, 0.6) is 0 Å². The largest absolute Gasteiger partial charge is 0.352 e. The second-order valence-corrected chi connectivity index (χ2v) is 4.58. The molecule has 5 heteroatoms. The maximum absolute atomic E-state index is 12.1. The van der Waals surface area contributed by atoms with Crippen LogP contribution in [-0.2, 0) is 13.5 Å². The van der Waals surface area contributed by atoms with Crippen molar-refractivity contribution in [1.82, 2.24) is 15.1 Å². The highest BCUT2D eigenvalue weighted by atomic mass is 16.1. The van der Waals surface area contributed by atoms with Crippen LogP contribution in [0.4, 0.5) is 0 Å². The highest BCUT2D eigenvalue weighted by Crippen LogP contribution is 2.09. The first-order valence-corrected chi connectivity index (χ1v) is 6.63. The quantitative estimate of drug-likeness (QED) is 0.763. The Morgan fingerprint density at radius 1 is 1.56 bits per heavy atom. The molecule has 1 unspecified atom stereocenters. The lowest BCUT2D eigenvalue weighted by Crippen LogP contribution is -2.30. The lowest BCUT2D eigenvalue weighted by molar-refractivity contribution is 0.0945. The number of rotatable bonds is 7. The van der Waals surface area contributed by atoms with Crippen molar-refractivity contribution in [3.63, 3.8) is 0 Å². The summed E-state index contributed by atoms with van der Waals surface area (Å²) in [6.45, 7) is 5.47. The van der Waals surface area contributed by atoms with Gasteiger partial charge in [-0.05, 0) is 25.3 Å². The number of carbonyl (C=O) groups is 1. The molecule has 5 nitrogen and oxygen atoms in total. The number of nitrogens with one attached hydrogen (secondary N) is 1. The Labute approximate surface area is 109 Å². The molecule has 0 aliphatic rings. The molecule has 0 radical (unpaired) electrons. The van der Waals surface area contributed by atoms with E-state index in [1.54, 1.807) is 10.9 Å². The third-order valence-corrected chi connectivity index (χ3v) is 3.19. The van der Waals surface area contributed by atoms with Gasteiger partial charge in [0.1, 0.15) is 0 Å². The first-order valence-electron chi connectivity index (χ1n) is 6.63. The second kappa shape index (κ2) is 7.16. The third-order valence-electron chi connectivity index (χ3n) is 3.19. The minimum Gasteiger partial charge on any atom is -0.352 e. The normalized spacial score (nSPS) is 12.4.